The molecule has 0 N–H and O–H groups in total. The van der Waals surface area contributed by atoms with E-state index in [-0.39, 0.29) is 11.9 Å². The fraction of sp³-hybridized carbons (Fsp3) is 0.909. The van der Waals surface area contributed by atoms with Crippen LogP contribution in [0.5, 0.6) is 0 Å². The maximum atomic E-state index is 12.1. The Hall–Kier alpha value is -0.843. The third kappa shape index (κ3) is 13.9. The van der Waals surface area contributed by atoms with Crippen LogP contribution in [0.25, 0.3) is 0 Å². The van der Waals surface area contributed by atoms with Crippen LogP contribution in [-0.4, -0.2) is 20.5 Å². The van der Waals surface area contributed by atoms with E-state index in [4.69, 9.17) is 8.85 Å². The molecule has 0 aliphatic heterocycles. The molecule has 0 aromatic rings. The van der Waals surface area contributed by atoms with Gasteiger partial charge in [-0.1, -0.05) is 91.9 Å². The first-order valence-electron chi connectivity index (χ1n) is 11.5. The molecule has 0 fully saturated rings. The van der Waals surface area contributed by atoms with E-state index in [9.17, 15) is 9.59 Å². The van der Waals surface area contributed by atoms with E-state index >= 15 is 0 Å². The molecule has 27 heavy (non-hydrogen) atoms. The van der Waals surface area contributed by atoms with Crippen molar-refractivity contribution in [1.29, 1.82) is 0 Å². The molecule has 0 heterocycles. The Balaban J connectivity index is 4.78. The van der Waals surface area contributed by atoms with Crippen LogP contribution in [0.4, 0.5) is 0 Å². The van der Waals surface area contributed by atoms with E-state index in [1.54, 1.807) is 13.8 Å². The monoisotopic (exact) mass is 400 g/mol. The summed E-state index contributed by atoms with van der Waals surface area (Å²) in [4.78, 5) is 24.1. The Morgan fingerprint density at radius 2 is 0.889 bits per heavy atom. The molecule has 160 valence electrons. The lowest BCUT2D eigenvalue weighted by Gasteiger charge is -2.30. The molecule has 0 bridgehead atoms. The van der Waals surface area contributed by atoms with Crippen LogP contribution in [0.3, 0.4) is 0 Å². The summed E-state index contributed by atoms with van der Waals surface area (Å²) in [6.07, 6.45) is 14.8. The number of hydrogen-bond acceptors (Lipinski definition) is 4. The summed E-state index contributed by atoms with van der Waals surface area (Å²) in [5.41, 5.74) is 0. The van der Waals surface area contributed by atoms with Gasteiger partial charge in [-0.15, -0.1) is 0 Å². The first-order chi connectivity index (χ1) is 13.0. The smallest absolute Gasteiger partial charge is 0.464 e. The molecule has 4 nitrogen and oxygen atoms in total. The molecule has 0 saturated carbocycles. The maximum absolute atomic E-state index is 12.1. The van der Waals surface area contributed by atoms with Crippen LogP contribution in [-0.2, 0) is 18.4 Å². The number of carbonyl (C=O) groups is 2. The molecular formula is C22H44O4Si. The average molecular weight is 401 g/mol. The summed E-state index contributed by atoms with van der Waals surface area (Å²) in [6.45, 7) is 8.04. The fourth-order valence-electron chi connectivity index (χ4n) is 3.26. The van der Waals surface area contributed by atoms with Crippen LogP contribution in [0, 0.1) is 0 Å². The Kier molecular flexibility index (Phi) is 16.7. The second-order valence-corrected chi connectivity index (χ2v) is 10.8. The molecule has 0 aromatic carbocycles. The van der Waals surface area contributed by atoms with Gasteiger partial charge in [0.2, 0.25) is 0 Å². The minimum Gasteiger partial charge on any atom is -0.485 e. The third-order valence-electron chi connectivity index (χ3n) is 5.00. The molecule has 0 amide bonds. The van der Waals surface area contributed by atoms with E-state index in [0.29, 0.717) is 12.8 Å². The van der Waals surface area contributed by atoms with Crippen molar-refractivity contribution >= 4 is 20.5 Å². The van der Waals surface area contributed by atoms with Crippen LogP contribution in [0.2, 0.25) is 12.1 Å². The van der Waals surface area contributed by atoms with Gasteiger partial charge in [-0.05, 0) is 12.8 Å². The zero-order chi connectivity index (χ0) is 20.4. The predicted octanol–water partition coefficient (Wildman–Crippen LogP) is 7.06. The number of hydrogen-bond donors (Lipinski definition) is 0. The van der Waals surface area contributed by atoms with Crippen molar-refractivity contribution in [1.82, 2.24) is 0 Å². The van der Waals surface area contributed by atoms with E-state index in [2.05, 4.69) is 13.8 Å². The van der Waals surface area contributed by atoms with Crippen molar-refractivity contribution in [3.8, 4) is 0 Å². The SMILES string of the molecule is CCCCCCCC[Si](CCCCCCCC)(OC(=O)CC)OC(=O)CC. The molecule has 0 atom stereocenters. The third-order valence-corrected chi connectivity index (χ3v) is 8.43. The molecule has 5 heteroatoms. The normalized spacial score (nSPS) is 11.4. The lowest BCUT2D eigenvalue weighted by molar-refractivity contribution is -0.141. The van der Waals surface area contributed by atoms with Gasteiger partial charge < -0.3 is 8.85 Å². The highest BCUT2D eigenvalue weighted by atomic mass is 28.4. The van der Waals surface area contributed by atoms with Crippen molar-refractivity contribution in [3.05, 3.63) is 0 Å². The van der Waals surface area contributed by atoms with Gasteiger partial charge >= 0.3 is 8.56 Å². The van der Waals surface area contributed by atoms with Crippen LogP contribution in [0.1, 0.15) is 118 Å². The van der Waals surface area contributed by atoms with Gasteiger partial charge in [0.05, 0.1) is 0 Å². The highest BCUT2D eigenvalue weighted by Crippen LogP contribution is 2.27. The molecule has 0 aromatic heterocycles. The van der Waals surface area contributed by atoms with E-state index in [1.165, 1.54) is 51.4 Å². The lowest BCUT2D eigenvalue weighted by Crippen LogP contribution is -2.45. The minimum atomic E-state index is -2.80. The molecule has 0 spiro atoms. The van der Waals surface area contributed by atoms with Gasteiger partial charge in [0.15, 0.2) is 0 Å². The summed E-state index contributed by atoms with van der Waals surface area (Å²) in [5, 5.41) is 0. The molecule has 0 rings (SSSR count). The first kappa shape index (κ1) is 26.2. The molecule has 0 unspecified atom stereocenters. The summed E-state index contributed by atoms with van der Waals surface area (Å²) >= 11 is 0. The topological polar surface area (TPSA) is 52.6 Å². The van der Waals surface area contributed by atoms with Crippen molar-refractivity contribution in [2.45, 2.75) is 130 Å². The highest BCUT2D eigenvalue weighted by Gasteiger charge is 2.43. The summed E-state index contributed by atoms with van der Waals surface area (Å²) in [5.74, 6) is -0.440. The number of unbranched alkanes of at least 4 members (excludes halogenated alkanes) is 10. The zero-order valence-electron chi connectivity index (χ0n) is 18.4. The van der Waals surface area contributed by atoms with Gasteiger partial charge in [-0.3, -0.25) is 9.59 Å². The van der Waals surface area contributed by atoms with Crippen molar-refractivity contribution in [2.24, 2.45) is 0 Å². The van der Waals surface area contributed by atoms with Crippen LogP contribution in [0.15, 0.2) is 0 Å². The Bertz CT molecular complexity index is 349. The maximum Gasteiger partial charge on any atom is 0.464 e. The van der Waals surface area contributed by atoms with Gasteiger partial charge in [0.1, 0.15) is 0 Å². The Morgan fingerprint density at radius 1 is 0.556 bits per heavy atom. The lowest BCUT2D eigenvalue weighted by atomic mass is 10.1. The summed E-state index contributed by atoms with van der Waals surface area (Å²) < 4.78 is 11.7. The molecule has 0 saturated heterocycles. The average Bonchev–Trinajstić information content (AvgIpc) is 2.67. The minimum absolute atomic E-state index is 0.220. The quantitative estimate of drug-likeness (QED) is 0.182. The largest absolute Gasteiger partial charge is 0.485 e. The van der Waals surface area contributed by atoms with Crippen molar-refractivity contribution < 1.29 is 18.4 Å². The second-order valence-electron chi connectivity index (χ2n) is 7.60. The van der Waals surface area contributed by atoms with E-state index in [1.807, 2.05) is 0 Å². The molecule has 0 aliphatic rings. The van der Waals surface area contributed by atoms with Crippen molar-refractivity contribution in [3.63, 3.8) is 0 Å². The predicted molar refractivity (Wildman–Crippen MR) is 115 cm³/mol. The van der Waals surface area contributed by atoms with Crippen LogP contribution >= 0.6 is 0 Å². The van der Waals surface area contributed by atoms with Crippen molar-refractivity contribution in [2.75, 3.05) is 0 Å². The molecule has 0 aliphatic carbocycles. The second kappa shape index (κ2) is 17.3. The summed E-state index contributed by atoms with van der Waals surface area (Å²) in [7, 11) is -2.80. The number of rotatable bonds is 18. The highest BCUT2D eigenvalue weighted by molar-refractivity contribution is 6.70. The molecular weight excluding hydrogens is 356 g/mol. The Labute approximate surface area is 169 Å². The summed E-state index contributed by atoms with van der Waals surface area (Å²) in [6, 6.07) is 1.51. The van der Waals surface area contributed by atoms with Gasteiger partial charge in [0.25, 0.3) is 11.9 Å². The van der Waals surface area contributed by atoms with Gasteiger partial charge in [-0.25, -0.2) is 0 Å². The van der Waals surface area contributed by atoms with Gasteiger partial charge in [0, 0.05) is 24.9 Å². The van der Waals surface area contributed by atoms with Crippen LogP contribution < -0.4 is 0 Å². The molecule has 0 radical (unpaired) electrons. The standard InChI is InChI=1S/C22H44O4Si/c1-5-9-11-13-15-17-19-27(25-21(23)7-3,26-22(24)8-4)20-18-16-14-12-10-6-2/h5-20H2,1-4H3. The van der Waals surface area contributed by atoms with Gasteiger partial charge in [-0.2, -0.15) is 0 Å². The Morgan fingerprint density at radius 3 is 1.22 bits per heavy atom. The first-order valence-corrected chi connectivity index (χ1v) is 13.7. The fourth-order valence-corrected chi connectivity index (χ4v) is 6.65. The zero-order valence-corrected chi connectivity index (χ0v) is 19.4. The van der Waals surface area contributed by atoms with E-state index in [0.717, 1.165) is 37.8 Å². The number of carbonyl (C=O) groups excluding carboxylic acids is 2. The van der Waals surface area contributed by atoms with E-state index < -0.39 is 8.56 Å².